The number of Topliss-reactive ketones (excluding diaryl/α,β-unsaturated/α-hetero) is 1. The normalized spacial score (nSPS) is 23.8. The van der Waals surface area contributed by atoms with Crippen LogP contribution in [0.15, 0.2) is 49.1 Å². The molecule has 0 N–H and O–H groups in total. The monoisotopic (exact) mass is 267 g/mol. The van der Waals surface area contributed by atoms with E-state index in [-0.39, 0.29) is 12.1 Å². The number of hydrogen-bond acceptors (Lipinski definition) is 4. The Morgan fingerprint density at radius 1 is 1.00 bits per heavy atom. The lowest BCUT2D eigenvalue weighted by Crippen LogP contribution is -2.37. The average Bonchev–Trinajstić information content (AvgIpc) is 2.51. The van der Waals surface area contributed by atoms with E-state index in [1.807, 2.05) is 36.7 Å². The van der Waals surface area contributed by atoms with E-state index >= 15 is 0 Å². The molecule has 2 atom stereocenters. The number of piperidine rings is 1. The summed E-state index contributed by atoms with van der Waals surface area (Å²) in [5.74, 6) is 0.297. The maximum Gasteiger partial charge on any atom is 0.136 e. The third-order valence-electron chi connectivity index (χ3n) is 3.96. The first kappa shape index (κ1) is 12.9. The Balaban J connectivity index is 1.92. The third-order valence-corrected chi connectivity index (χ3v) is 3.96. The second kappa shape index (κ2) is 5.51. The molecule has 0 aromatic carbocycles. The molecule has 2 aromatic heterocycles. The molecule has 2 unspecified atom stereocenters. The molecule has 3 heterocycles. The van der Waals surface area contributed by atoms with Crippen LogP contribution in [-0.4, -0.2) is 27.7 Å². The van der Waals surface area contributed by atoms with Crippen LogP contribution in [0.2, 0.25) is 0 Å². The quantitative estimate of drug-likeness (QED) is 0.839. The van der Waals surface area contributed by atoms with Crippen LogP contribution in [0, 0.1) is 0 Å². The van der Waals surface area contributed by atoms with E-state index in [4.69, 9.17) is 0 Å². The summed E-state index contributed by atoms with van der Waals surface area (Å²) in [7, 11) is 2.07. The molecule has 4 nitrogen and oxygen atoms in total. The second-order valence-electron chi connectivity index (χ2n) is 5.22. The Bertz CT molecular complexity index is 534. The highest BCUT2D eigenvalue weighted by atomic mass is 16.1. The third kappa shape index (κ3) is 2.47. The Hall–Kier alpha value is -2.07. The molecule has 0 spiro atoms. The zero-order valence-corrected chi connectivity index (χ0v) is 11.4. The topological polar surface area (TPSA) is 46.1 Å². The summed E-state index contributed by atoms with van der Waals surface area (Å²) < 4.78 is 0. The summed E-state index contributed by atoms with van der Waals surface area (Å²) in [5.41, 5.74) is 2.19. The number of pyridine rings is 2. The van der Waals surface area contributed by atoms with Gasteiger partial charge in [-0.2, -0.15) is 0 Å². The van der Waals surface area contributed by atoms with E-state index in [2.05, 4.69) is 21.9 Å². The van der Waals surface area contributed by atoms with Crippen molar-refractivity contribution in [3.63, 3.8) is 0 Å². The minimum absolute atomic E-state index is 0.0927. The highest BCUT2D eigenvalue weighted by Crippen LogP contribution is 2.38. The lowest BCUT2D eigenvalue weighted by molar-refractivity contribution is -0.125. The van der Waals surface area contributed by atoms with Gasteiger partial charge in [-0.15, -0.1) is 0 Å². The standard InChI is InChI=1S/C16H17N3O/c1-19-15(12-4-2-6-17-10-12)8-14(20)9-16(19)13-5-3-7-18-11-13/h2-7,10-11,15-16H,8-9H2,1H3. The van der Waals surface area contributed by atoms with E-state index in [1.165, 1.54) is 0 Å². The van der Waals surface area contributed by atoms with E-state index in [0.29, 0.717) is 18.6 Å². The Morgan fingerprint density at radius 3 is 1.90 bits per heavy atom. The average molecular weight is 267 g/mol. The molecule has 0 saturated carbocycles. The summed E-state index contributed by atoms with van der Waals surface area (Å²) in [4.78, 5) is 22.7. The zero-order valence-electron chi connectivity index (χ0n) is 11.4. The van der Waals surface area contributed by atoms with Gasteiger partial charge in [-0.1, -0.05) is 12.1 Å². The lowest BCUT2D eigenvalue weighted by atomic mass is 9.88. The van der Waals surface area contributed by atoms with Crippen LogP contribution in [0.4, 0.5) is 0 Å². The predicted octanol–water partition coefficient (Wildman–Crippen LogP) is 2.55. The summed E-state index contributed by atoms with van der Waals surface area (Å²) in [5, 5.41) is 0. The van der Waals surface area contributed by atoms with Crippen LogP contribution in [0.1, 0.15) is 36.1 Å². The number of aromatic nitrogens is 2. The van der Waals surface area contributed by atoms with Crippen molar-refractivity contribution < 1.29 is 4.79 Å². The van der Waals surface area contributed by atoms with Crippen LogP contribution < -0.4 is 0 Å². The Morgan fingerprint density at radius 2 is 1.50 bits per heavy atom. The van der Waals surface area contributed by atoms with Crippen molar-refractivity contribution in [2.75, 3.05) is 7.05 Å². The van der Waals surface area contributed by atoms with Gasteiger partial charge in [0.25, 0.3) is 0 Å². The number of carbonyl (C=O) groups excluding carboxylic acids is 1. The number of carbonyl (C=O) groups is 1. The molecule has 2 aromatic rings. The molecule has 20 heavy (non-hydrogen) atoms. The van der Waals surface area contributed by atoms with Crippen LogP contribution in [0.25, 0.3) is 0 Å². The fourth-order valence-corrected chi connectivity index (χ4v) is 2.87. The SMILES string of the molecule is CN1C(c2cccnc2)CC(=O)CC1c1cccnc1. The largest absolute Gasteiger partial charge is 0.300 e. The van der Waals surface area contributed by atoms with Crippen LogP contribution >= 0.6 is 0 Å². The molecule has 1 aliphatic heterocycles. The lowest BCUT2D eigenvalue weighted by Gasteiger charge is -2.39. The number of ketones is 1. The van der Waals surface area contributed by atoms with Crippen molar-refractivity contribution in [1.29, 1.82) is 0 Å². The first-order chi connectivity index (χ1) is 9.75. The number of hydrogen-bond donors (Lipinski definition) is 0. The summed E-state index contributed by atoms with van der Waals surface area (Å²) in [6.07, 6.45) is 8.32. The van der Waals surface area contributed by atoms with Gasteiger partial charge in [-0.3, -0.25) is 19.7 Å². The maximum atomic E-state index is 12.1. The molecule has 0 bridgehead atoms. The van der Waals surface area contributed by atoms with E-state index in [0.717, 1.165) is 11.1 Å². The van der Waals surface area contributed by atoms with Crippen molar-refractivity contribution in [2.24, 2.45) is 0 Å². The maximum absolute atomic E-state index is 12.1. The van der Waals surface area contributed by atoms with Gasteiger partial charge >= 0.3 is 0 Å². The van der Waals surface area contributed by atoms with Crippen LogP contribution in [0.5, 0.6) is 0 Å². The Labute approximate surface area is 118 Å². The number of rotatable bonds is 2. The molecule has 1 fully saturated rings. The van der Waals surface area contributed by atoms with Crippen molar-refractivity contribution >= 4 is 5.78 Å². The molecule has 0 radical (unpaired) electrons. The molecular weight excluding hydrogens is 250 g/mol. The summed E-state index contributed by atoms with van der Waals surface area (Å²) in [6.45, 7) is 0. The van der Waals surface area contributed by atoms with E-state index in [1.54, 1.807) is 12.4 Å². The van der Waals surface area contributed by atoms with Crippen molar-refractivity contribution in [2.45, 2.75) is 24.9 Å². The highest BCUT2D eigenvalue weighted by molar-refractivity contribution is 5.81. The Kier molecular flexibility index (Phi) is 3.56. The molecular formula is C16H17N3O. The van der Waals surface area contributed by atoms with Gasteiger partial charge in [0.05, 0.1) is 0 Å². The van der Waals surface area contributed by atoms with E-state index < -0.39 is 0 Å². The summed E-state index contributed by atoms with van der Waals surface area (Å²) in [6, 6.07) is 8.09. The fourth-order valence-electron chi connectivity index (χ4n) is 2.87. The number of nitrogens with zero attached hydrogens (tertiary/aromatic N) is 3. The van der Waals surface area contributed by atoms with Crippen LogP contribution in [-0.2, 0) is 4.79 Å². The van der Waals surface area contributed by atoms with Gasteiger partial charge in [0.1, 0.15) is 5.78 Å². The zero-order chi connectivity index (χ0) is 13.9. The molecule has 4 heteroatoms. The summed E-state index contributed by atoms with van der Waals surface area (Å²) >= 11 is 0. The first-order valence-corrected chi connectivity index (χ1v) is 6.79. The molecule has 0 amide bonds. The highest BCUT2D eigenvalue weighted by Gasteiger charge is 2.34. The van der Waals surface area contributed by atoms with Gasteiger partial charge in [0, 0.05) is 49.7 Å². The second-order valence-corrected chi connectivity index (χ2v) is 5.22. The number of likely N-dealkylation sites (tertiary alicyclic amines) is 1. The minimum atomic E-state index is 0.0927. The van der Waals surface area contributed by atoms with Gasteiger partial charge in [0.2, 0.25) is 0 Å². The minimum Gasteiger partial charge on any atom is -0.300 e. The smallest absolute Gasteiger partial charge is 0.136 e. The van der Waals surface area contributed by atoms with Crippen molar-refractivity contribution in [1.82, 2.24) is 14.9 Å². The first-order valence-electron chi connectivity index (χ1n) is 6.79. The predicted molar refractivity (Wildman–Crippen MR) is 76.0 cm³/mol. The van der Waals surface area contributed by atoms with Gasteiger partial charge in [-0.05, 0) is 30.3 Å². The van der Waals surface area contributed by atoms with Gasteiger partial charge in [0.15, 0.2) is 0 Å². The van der Waals surface area contributed by atoms with Crippen molar-refractivity contribution in [3.8, 4) is 0 Å². The van der Waals surface area contributed by atoms with Crippen LogP contribution in [0.3, 0.4) is 0 Å². The molecule has 1 saturated heterocycles. The molecule has 1 aliphatic rings. The van der Waals surface area contributed by atoms with E-state index in [9.17, 15) is 4.79 Å². The molecule has 0 aliphatic carbocycles. The van der Waals surface area contributed by atoms with Gasteiger partial charge < -0.3 is 0 Å². The molecule has 102 valence electrons. The fraction of sp³-hybridized carbons (Fsp3) is 0.312. The molecule has 3 rings (SSSR count). The van der Waals surface area contributed by atoms with Crippen molar-refractivity contribution in [3.05, 3.63) is 60.2 Å². The van der Waals surface area contributed by atoms with Gasteiger partial charge in [-0.25, -0.2) is 0 Å².